The second-order valence-corrected chi connectivity index (χ2v) is 11.5. The van der Waals surface area contributed by atoms with Crippen LogP contribution in [0.5, 0.6) is 5.75 Å². The number of para-hydroxylation sites is 1. The largest absolute Gasteiger partial charge is 0.469 e. The lowest BCUT2D eigenvalue weighted by Gasteiger charge is -2.35. The van der Waals surface area contributed by atoms with Crippen molar-refractivity contribution in [1.29, 1.82) is 0 Å². The molecule has 0 radical (unpaired) electrons. The highest BCUT2D eigenvalue weighted by molar-refractivity contribution is 7.46. The summed E-state index contributed by atoms with van der Waals surface area (Å²) in [6, 6.07) is 9.83. The number of phosphoric acid groups is 1. The fourth-order valence-corrected chi connectivity index (χ4v) is 4.74. The van der Waals surface area contributed by atoms with Crippen molar-refractivity contribution >= 4 is 25.7 Å². The summed E-state index contributed by atoms with van der Waals surface area (Å²) in [5.74, 6) is 0.523. The minimum Gasteiger partial charge on any atom is -0.410 e. The molecule has 3 amide bonds. The Morgan fingerprint density at radius 2 is 1.88 bits per heavy atom. The lowest BCUT2D eigenvalue weighted by atomic mass is 9.85. The second-order valence-electron chi connectivity index (χ2n) is 10.3. The number of ether oxygens (including phenoxy) is 1. The highest BCUT2D eigenvalue weighted by atomic mass is 31.2. The zero-order valence-electron chi connectivity index (χ0n) is 22.2. The van der Waals surface area contributed by atoms with Gasteiger partial charge in [-0.3, -0.25) is 14.1 Å². The first-order valence-corrected chi connectivity index (χ1v) is 13.8. The molecule has 0 aromatic heterocycles. The molecule has 40 heavy (non-hydrogen) atoms. The molecule has 4 N–H and O–H groups in total. The average Bonchev–Trinajstić information content (AvgIpc) is 3.28. The van der Waals surface area contributed by atoms with E-state index in [1.54, 1.807) is 51.1 Å². The normalized spacial score (nSPS) is 18.0. The molecular weight excluding hydrogens is 544 g/mol. The number of carbonyl (C=O) groups excluding carboxylic acids is 3. The lowest BCUT2D eigenvalue weighted by Crippen LogP contribution is -2.58. The number of hydrogen-bond donors (Lipinski definition) is 4. The van der Waals surface area contributed by atoms with Crippen LogP contribution in [0.15, 0.2) is 48.5 Å². The topological polar surface area (TPSA) is 154 Å². The van der Waals surface area contributed by atoms with Gasteiger partial charge in [-0.15, -0.1) is 6.42 Å². The van der Waals surface area contributed by atoms with Crippen LogP contribution in [0.25, 0.3) is 0 Å². The van der Waals surface area contributed by atoms with Crippen molar-refractivity contribution in [2.45, 2.75) is 51.9 Å². The molecule has 0 saturated carbocycles. The number of benzene rings is 2. The third-order valence-corrected chi connectivity index (χ3v) is 6.71. The summed E-state index contributed by atoms with van der Waals surface area (Å²) >= 11 is 0. The first-order valence-electron chi connectivity index (χ1n) is 12.3. The van der Waals surface area contributed by atoms with E-state index in [1.165, 1.54) is 12.1 Å². The number of phosphoric ester groups is 1. The number of nitrogens with one attached hydrogen (secondary N) is 2. The Kier molecular flexibility index (Phi) is 9.71. The highest BCUT2D eigenvalue weighted by Gasteiger charge is 2.46. The Hall–Kier alpha value is -3.75. The van der Waals surface area contributed by atoms with Crippen molar-refractivity contribution in [3.8, 4) is 18.1 Å². The third-order valence-electron chi connectivity index (χ3n) is 6.14. The molecular formula is C27H31FN3O8P. The van der Waals surface area contributed by atoms with Crippen molar-refractivity contribution in [2.24, 2.45) is 5.41 Å². The Morgan fingerprint density at radius 3 is 2.45 bits per heavy atom. The monoisotopic (exact) mass is 575 g/mol. The van der Waals surface area contributed by atoms with Gasteiger partial charge in [0.15, 0.2) is 0 Å². The van der Waals surface area contributed by atoms with Crippen LogP contribution in [0.3, 0.4) is 0 Å². The molecule has 1 heterocycles. The van der Waals surface area contributed by atoms with Crippen LogP contribution in [0.1, 0.15) is 38.3 Å². The molecule has 1 unspecified atom stereocenters. The summed E-state index contributed by atoms with van der Waals surface area (Å²) in [5.41, 5.74) is -0.397. The van der Waals surface area contributed by atoms with Gasteiger partial charge in [-0.2, -0.15) is 0 Å². The molecule has 0 spiro atoms. The van der Waals surface area contributed by atoms with Gasteiger partial charge in [-0.25, -0.2) is 13.8 Å². The van der Waals surface area contributed by atoms with Gasteiger partial charge in [-0.1, -0.05) is 51.0 Å². The molecule has 214 valence electrons. The van der Waals surface area contributed by atoms with E-state index in [0.29, 0.717) is 5.56 Å². The van der Waals surface area contributed by atoms with E-state index in [1.807, 2.05) is 0 Å². The van der Waals surface area contributed by atoms with Crippen molar-refractivity contribution in [2.75, 3.05) is 6.54 Å². The number of carbonyl (C=O) groups is 3. The van der Waals surface area contributed by atoms with Gasteiger partial charge in [0.05, 0.1) is 6.10 Å². The molecule has 2 aromatic rings. The number of halogens is 1. The van der Waals surface area contributed by atoms with Crippen LogP contribution in [-0.4, -0.2) is 57.3 Å². The third kappa shape index (κ3) is 8.37. The lowest BCUT2D eigenvalue weighted by molar-refractivity contribution is -0.142. The maximum Gasteiger partial charge on any atom is 0.469 e. The molecule has 1 saturated heterocycles. The number of likely N-dealkylation sites (tertiary alicyclic amines) is 1. The van der Waals surface area contributed by atoms with E-state index in [-0.39, 0.29) is 30.8 Å². The van der Waals surface area contributed by atoms with Crippen LogP contribution in [0.4, 0.5) is 9.18 Å². The number of hydrogen-bond acceptors (Lipinski definition) is 6. The summed E-state index contributed by atoms with van der Waals surface area (Å²) in [6.45, 7) is 4.50. The molecule has 13 heteroatoms. The predicted molar refractivity (Wildman–Crippen MR) is 142 cm³/mol. The molecule has 11 nitrogen and oxygen atoms in total. The van der Waals surface area contributed by atoms with Gasteiger partial charge in [0.1, 0.15) is 23.7 Å². The van der Waals surface area contributed by atoms with Crippen molar-refractivity contribution in [1.82, 2.24) is 15.5 Å². The van der Waals surface area contributed by atoms with Gasteiger partial charge >= 0.3 is 13.9 Å². The van der Waals surface area contributed by atoms with Crippen LogP contribution >= 0.6 is 7.82 Å². The van der Waals surface area contributed by atoms with Crippen molar-refractivity contribution in [3.63, 3.8) is 0 Å². The van der Waals surface area contributed by atoms with Gasteiger partial charge in [0.25, 0.3) is 0 Å². The molecule has 0 aliphatic carbocycles. The van der Waals surface area contributed by atoms with Crippen molar-refractivity contribution in [3.05, 3.63) is 65.5 Å². The quantitative estimate of drug-likeness (QED) is 0.277. The highest BCUT2D eigenvalue weighted by Crippen LogP contribution is 2.41. The molecule has 1 aliphatic rings. The summed E-state index contributed by atoms with van der Waals surface area (Å²) < 4.78 is 35.9. The molecule has 3 atom stereocenters. The Labute approximate surface area is 231 Å². The minimum absolute atomic E-state index is 0.143. The maximum absolute atomic E-state index is 14.4. The van der Waals surface area contributed by atoms with Crippen LogP contribution in [0, 0.1) is 23.6 Å². The fourth-order valence-electron chi connectivity index (χ4n) is 4.20. The zero-order chi connectivity index (χ0) is 29.7. The maximum atomic E-state index is 14.4. The number of terminal acetylenes is 1. The molecule has 1 aliphatic heterocycles. The van der Waals surface area contributed by atoms with Gasteiger partial charge in [0.2, 0.25) is 11.8 Å². The number of amides is 3. The predicted octanol–water partition coefficient (Wildman–Crippen LogP) is 2.71. The summed E-state index contributed by atoms with van der Waals surface area (Å²) in [6.07, 6.45) is 2.94. The minimum atomic E-state index is -4.95. The summed E-state index contributed by atoms with van der Waals surface area (Å²) in [7, 11) is -4.95. The van der Waals surface area contributed by atoms with E-state index in [2.05, 4.69) is 16.6 Å². The van der Waals surface area contributed by atoms with E-state index in [9.17, 15) is 33.1 Å². The number of rotatable bonds is 8. The zero-order valence-corrected chi connectivity index (χ0v) is 23.1. The Bertz CT molecular complexity index is 1340. The molecule has 2 aromatic carbocycles. The summed E-state index contributed by atoms with van der Waals surface area (Å²) in [5, 5.41) is 5.09. The van der Waals surface area contributed by atoms with E-state index < -0.39 is 55.2 Å². The van der Waals surface area contributed by atoms with Crippen molar-refractivity contribution < 1.29 is 42.4 Å². The van der Waals surface area contributed by atoms with Crippen LogP contribution in [-0.2, 0) is 25.2 Å². The van der Waals surface area contributed by atoms with E-state index in [0.717, 1.165) is 11.0 Å². The van der Waals surface area contributed by atoms with E-state index in [4.69, 9.17) is 15.7 Å². The Balaban J connectivity index is 1.81. The standard InChI is InChI=1S/C27H31FN3O8P/c1-5-17-11-12-18(21(28)13-17)15-29-24(32)22-14-20(39-40(35,36)37)16-31(22)25(33)23(27(2,3)4)30-26(34)38-19-9-7-6-8-10-19/h1,6-13,20,22-23H,14-16H2,2-4H3,(H,29,32)(H,30,34)(H2,35,36,37)/t20-,22?,23-/m1/s1. The summed E-state index contributed by atoms with van der Waals surface area (Å²) in [4.78, 5) is 59.3. The van der Waals surface area contributed by atoms with Crippen LogP contribution in [0.2, 0.25) is 0 Å². The number of nitrogens with zero attached hydrogens (tertiary/aromatic N) is 1. The van der Waals surface area contributed by atoms with Gasteiger partial charge in [0, 0.05) is 30.6 Å². The average molecular weight is 576 g/mol. The van der Waals surface area contributed by atoms with E-state index >= 15 is 0 Å². The first kappa shape index (κ1) is 30.8. The molecule has 0 bridgehead atoms. The molecule has 3 rings (SSSR count). The SMILES string of the molecule is C#Cc1ccc(CNC(=O)C2C[C@@H](OP(=O)(O)O)CN2C(=O)[C@@H](NC(=O)Oc2ccccc2)C(C)(C)C)c(F)c1. The smallest absolute Gasteiger partial charge is 0.410 e. The van der Waals surface area contributed by atoms with Crippen LogP contribution < -0.4 is 15.4 Å². The van der Waals surface area contributed by atoms with Gasteiger partial charge < -0.3 is 30.1 Å². The first-order chi connectivity index (χ1) is 18.7. The fraction of sp³-hybridized carbons (Fsp3) is 0.370. The molecule has 1 fully saturated rings. The second kappa shape index (κ2) is 12.6. The van der Waals surface area contributed by atoms with Gasteiger partial charge in [-0.05, 0) is 29.7 Å². The Morgan fingerprint density at radius 1 is 1.20 bits per heavy atom.